The van der Waals surface area contributed by atoms with Crippen molar-refractivity contribution < 1.29 is 0 Å². The third-order valence-corrected chi connectivity index (χ3v) is 3.58. The van der Waals surface area contributed by atoms with E-state index in [0.717, 1.165) is 35.8 Å². The summed E-state index contributed by atoms with van der Waals surface area (Å²) in [5, 5.41) is 3.18. The van der Waals surface area contributed by atoms with Crippen molar-refractivity contribution in [2.45, 2.75) is 20.3 Å². The average molecular weight is 336 g/mol. The van der Waals surface area contributed by atoms with Crippen molar-refractivity contribution >= 4 is 5.84 Å². The molecule has 0 bridgehead atoms. The number of aromatic nitrogens is 1. The predicted molar refractivity (Wildman–Crippen MR) is 107 cm³/mol. The van der Waals surface area contributed by atoms with Crippen LogP contribution in [-0.2, 0) is 0 Å². The minimum Gasteiger partial charge on any atom is -0.363 e. The largest absolute Gasteiger partial charge is 0.363 e. The van der Waals surface area contributed by atoms with Gasteiger partial charge < -0.3 is 10.2 Å². The molecule has 0 radical (unpaired) electrons. The van der Waals surface area contributed by atoms with Crippen LogP contribution >= 0.6 is 0 Å². The molecule has 0 amide bonds. The summed E-state index contributed by atoms with van der Waals surface area (Å²) in [6.45, 7) is 8.85. The zero-order valence-electron chi connectivity index (χ0n) is 15.9. The van der Waals surface area contributed by atoms with Gasteiger partial charge in [-0.05, 0) is 44.5 Å². The molecule has 0 aliphatic carbocycles. The number of hydrogen-bond donors (Lipinski definition) is 1. The Kier molecular flexibility index (Phi) is 8.99. The molecule has 132 valence electrons. The second-order valence-corrected chi connectivity index (χ2v) is 5.74. The van der Waals surface area contributed by atoms with E-state index in [4.69, 9.17) is 4.99 Å². The average Bonchev–Trinajstić information content (AvgIpc) is 2.63. The van der Waals surface area contributed by atoms with Crippen molar-refractivity contribution in [3.05, 3.63) is 65.7 Å². The van der Waals surface area contributed by atoms with E-state index >= 15 is 0 Å². The van der Waals surface area contributed by atoms with Gasteiger partial charge >= 0.3 is 0 Å². The maximum Gasteiger partial charge on any atom is 0.129 e. The zero-order valence-corrected chi connectivity index (χ0v) is 15.9. The Morgan fingerprint density at radius 1 is 1.40 bits per heavy atom. The number of hydrogen-bond acceptors (Lipinski definition) is 3. The van der Waals surface area contributed by atoms with E-state index in [2.05, 4.69) is 42.6 Å². The maximum absolute atomic E-state index is 4.83. The Morgan fingerprint density at radius 2 is 2.16 bits per heavy atom. The monoisotopic (exact) mass is 336 g/mol. The van der Waals surface area contributed by atoms with Crippen molar-refractivity contribution in [1.29, 1.82) is 0 Å². The molecule has 1 heterocycles. The molecule has 0 saturated heterocycles. The summed E-state index contributed by atoms with van der Waals surface area (Å²) in [4.78, 5) is 11.0. The number of pyridine rings is 1. The van der Waals surface area contributed by atoms with Crippen molar-refractivity contribution in [3.8, 4) is 11.8 Å². The van der Waals surface area contributed by atoms with Crippen LogP contribution in [0.1, 0.15) is 26.0 Å². The minimum atomic E-state index is 0.730. The first-order valence-corrected chi connectivity index (χ1v) is 8.38. The summed E-state index contributed by atoms with van der Waals surface area (Å²) < 4.78 is 0. The SMILES string of the molecule is C=C\C(C#Cc1ccccn1)=C/C(=N/C(CNC)=C(\C)CC)N(C)C. The lowest BCUT2D eigenvalue weighted by Crippen LogP contribution is -2.22. The summed E-state index contributed by atoms with van der Waals surface area (Å²) in [5.41, 5.74) is 3.85. The van der Waals surface area contributed by atoms with Crippen LogP contribution in [-0.4, -0.2) is 43.4 Å². The Bertz CT molecular complexity index is 713. The standard InChI is InChI=1S/C21H28N4/c1-7-17(3)20(16-22-4)24-21(25(5)6)15-18(8-2)12-13-19-11-9-10-14-23-19/h8-11,14-15,22H,2,7,16H2,1,3-6H3/b18-15+,20-17+,24-21-. The van der Waals surface area contributed by atoms with Crippen molar-refractivity contribution in [2.75, 3.05) is 27.7 Å². The molecule has 4 heteroatoms. The van der Waals surface area contributed by atoms with Gasteiger partial charge in [0.2, 0.25) is 0 Å². The highest BCUT2D eigenvalue weighted by atomic mass is 15.1. The first-order valence-electron chi connectivity index (χ1n) is 8.38. The van der Waals surface area contributed by atoms with Gasteiger partial charge in [0.1, 0.15) is 11.5 Å². The van der Waals surface area contributed by atoms with E-state index in [9.17, 15) is 0 Å². The van der Waals surface area contributed by atoms with Crippen molar-refractivity contribution in [2.24, 2.45) is 4.99 Å². The number of likely N-dealkylation sites (N-methyl/N-ethyl adjacent to an activating group) is 2. The van der Waals surface area contributed by atoms with Gasteiger partial charge in [0, 0.05) is 32.4 Å². The summed E-state index contributed by atoms with van der Waals surface area (Å²) in [6, 6.07) is 5.67. The Morgan fingerprint density at radius 3 is 2.68 bits per heavy atom. The van der Waals surface area contributed by atoms with Gasteiger partial charge in [0.25, 0.3) is 0 Å². The van der Waals surface area contributed by atoms with Crippen LogP contribution in [0, 0.1) is 11.8 Å². The van der Waals surface area contributed by atoms with E-state index in [1.165, 1.54) is 5.57 Å². The summed E-state index contributed by atoms with van der Waals surface area (Å²) in [5.74, 6) is 7.00. The first-order chi connectivity index (χ1) is 12.0. The zero-order chi connectivity index (χ0) is 18.7. The third-order valence-electron chi connectivity index (χ3n) is 3.58. The molecule has 0 fully saturated rings. The van der Waals surface area contributed by atoms with Gasteiger partial charge in [0.15, 0.2) is 0 Å². The van der Waals surface area contributed by atoms with Gasteiger partial charge in [-0.25, -0.2) is 9.98 Å². The number of nitrogens with one attached hydrogen (secondary N) is 1. The summed E-state index contributed by atoms with van der Waals surface area (Å²) in [6.07, 6.45) is 6.39. The van der Waals surface area contributed by atoms with Crippen LogP contribution in [0.5, 0.6) is 0 Å². The lowest BCUT2D eigenvalue weighted by molar-refractivity contribution is 0.623. The smallest absolute Gasteiger partial charge is 0.129 e. The van der Waals surface area contributed by atoms with Crippen LogP contribution in [0.15, 0.2) is 65.0 Å². The quantitative estimate of drug-likeness (QED) is 0.375. The second kappa shape index (κ2) is 11.0. The van der Waals surface area contributed by atoms with E-state index in [-0.39, 0.29) is 0 Å². The summed E-state index contributed by atoms with van der Waals surface area (Å²) >= 11 is 0. The predicted octanol–water partition coefficient (Wildman–Crippen LogP) is 3.41. The molecule has 0 saturated carbocycles. The van der Waals surface area contributed by atoms with E-state index in [1.807, 2.05) is 50.3 Å². The van der Waals surface area contributed by atoms with Gasteiger partial charge in [-0.1, -0.05) is 37.1 Å². The number of allylic oxidation sites excluding steroid dienone is 3. The molecule has 1 rings (SSSR count). The molecular formula is C21H28N4. The molecule has 25 heavy (non-hydrogen) atoms. The van der Waals surface area contributed by atoms with Crippen LogP contribution in [0.25, 0.3) is 0 Å². The molecular weight excluding hydrogens is 308 g/mol. The van der Waals surface area contributed by atoms with Crippen LogP contribution in [0.4, 0.5) is 0 Å². The Labute approximate surface area is 152 Å². The second-order valence-electron chi connectivity index (χ2n) is 5.74. The number of rotatable bonds is 6. The topological polar surface area (TPSA) is 40.5 Å². The Balaban J connectivity index is 3.24. The highest BCUT2D eigenvalue weighted by molar-refractivity contribution is 5.95. The molecule has 1 aromatic heterocycles. The van der Waals surface area contributed by atoms with Crippen LogP contribution in [0.2, 0.25) is 0 Å². The highest BCUT2D eigenvalue weighted by Crippen LogP contribution is 2.10. The molecule has 0 aliphatic heterocycles. The molecule has 0 unspecified atom stereocenters. The summed E-state index contributed by atoms with van der Waals surface area (Å²) in [7, 11) is 5.87. The van der Waals surface area contributed by atoms with Gasteiger partial charge in [-0.2, -0.15) is 0 Å². The lowest BCUT2D eigenvalue weighted by atomic mass is 10.1. The van der Waals surface area contributed by atoms with Crippen molar-refractivity contribution in [1.82, 2.24) is 15.2 Å². The molecule has 0 aliphatic rings. The molecule has 1 aromatic rings. The first kappa shape index (κ1) is 20.4. The fourth-order valence-electron chi connectivity index (χ4n) is 1.92. The number of nitrogens with zero attached hydrogens (tertiary/aromatic N) is 3. The third kappa shape index (κ3) is 7.19. The van der Waals surface area contributed by atoms with Gasteiger partial charge in [-0.3, -0.25) is 0 Å². The van der Waals surface area contributed by atoms with Gasteiger partial charge in [-0.15, -0.1) is 0 Å². The molecule has 4 nitrogen and oxygen atoms in total. The number of amidine groups is 1. The normalized spacial score (nSPS) is 12.8. The van der Waals surface area contributed by atoms with E-state index in [0.29, 0.717) is 0 Å². The van der Waals surface area contributed by atoms with Gasteiger partial charge in [0.05, 0.1) is 5.70 Å². The molecule has 1 N–H and O–H groups in total. The highest BCUT2D eigenvalue weighted by Gasteiger charge is 2.04. The molecule has 0 atom stereocenters. The minimum absolute atomic E-state index is 0.730. The number of aliphatic imine (C=N–C) groups is 1. The maximum atomic E-state index is 4.83. The lowest BCUT2D eigenvalue weighted by Gasteiger charge is -2.15. The van der Waals surface area contributed by atoms with E-state index in [1.54, 1.807) is 12.3 Å². The fourth-order valence-corrected chi connectivity index (χ4v) is 1.92. The molecule has 0 aromatic carbocycles. The van der Waals surface area contributed by atoms with Crippen LogP contribution < -0.4 is 5.32 Å². The van der Waals surface area contributed by atoms with E-state index < -0.39 is 0 Å². The Hall–Kier alpha value is -2.64. The fraction of sp³-hybridized carbons (Fsp3) is 0.333. The molecule has 0 spiro atoms. The van der Waals surface area contributed by atoms with Crippen molar-refractivity contribution in [3.63, 3.8) is 0 Å². The van der Waals surface area contributed by atoms with Crippen LogP contribution in [0.3, 0.4) is 0 Å².